The Balaban J connectivity index is 1.90. The molecule has 0 aliphatic heterocycles. The molecule has 2 rings (SSSR count). The highest BCUT2D eigenvalue weighted by Crippen LogP contribution is 2.18. The van der Waals surface area contributed by atoms with Crippen LogP contribution in [0.15, 0.2) is 54.6 Å². The first-order valence-corrected chi connectivity index (χ1v) is 6.86. The highest BCUT2D eigenvalue weighted by Gasteiger charge is 2.04. The van der Waals surface area contributed by atoms with E-state index in [1.54, 1.807) is 19.0 Å². The summed E-state index contributed by atoms with van der Waals surface area (Å²) in [7, 11) is 3.48. The Kier molecular flexibility index (Phi) is 5.21. The summed E-state index contributed by atoms with van der Waals surface area (Å²) in [5.74, 6) is 0.812. The van der Waals surface area contributed by atoms with Gasteiger partial charge >= 0.3 is 0 Å². The van der Waals surface area contributed by atoms with Gasteiger partial charge in [-0.1, -0.05) is 36.4 Å². The summed E-state index contributed by atoms with van der Waals surface area (Å²) in [6, 6.07) is 17.6. The van der Waals surface area contributed by atoms with E-state index >= 15 is 0 Å². The Morgan fingerprint density at radius 3 is 2.57 bits per heavy atom. The van der Waals surface area contributed by atoms with Crippen LogP contribution in [0.3, 0.4) is 0 Å². The molecular formula is C17H20N2O2. The lowest BCUT2D eigenvalue weighted by Gasteiger charge is -2.12. The van der Waals surface area contributed by atoms with Crippen molar-refractivity contribution in [3.8, 4) is 5.75 Å². The third kappa shape index (κ3) is 4.84. The zero-order chi connectivity index (χ0) is 15.1. The predicted molar refractivity (Wildman–Crippen MR) is 84.4 cm³/mol. The second-order valence-electron chi connectivity index (χ2n) is 4.94. The summed E-state index contributed by atoms with van der Waals surface area (Å²) in [4.78, 5) is 13.1. The third-order valence-electron chi connectivity index (χ3n) is 3.02. The molecule has 0 bridgehead atoms. The maximum atomic E-state index is 11.5. The number of carbonyl (C=O) groups excluding carboxylic acids is 1. The largest absolute Gasteiger partial charge is 0.489 e. The number of hydrogen-bond donors (Lipinski definition) is 1. The topological polar surface area (TPSA) is 41.6 Å². The van der Waals surface area contributed by atoms with E-state index in [-0.39, 0.29) is 12.5 Å². The van der Waals surface area contributed by atoms with Crippen LogP contribution in [0.4, 0.5) is 5.69 Å². The van der Waals surface area contributed by atoms with E-state index in [1.165, 1.54) is 0 Å². The van der Waals surface area contributed by atoms with E-state index in [4.69, 9.17) is 4.74 Å². The maximum absolute atomic E-state index is 11.5. The number of amides is 1. The van der Waals surface area contributed by atoms with Gasteiger partial charge in [0.05, 0.1) is 6.54 Å². The molecule has 4 heteroatoms. The number of hydrogen-bond acceptors (Lipinski definition) is 3. The van der Waals surface area contributed by atoms with Gasteiger partial charge in [0.25, 0.3) is 0 Å². The Morgan fingerprint density at radius 1 is 1.10 bits per heavy atom. The molecule has 0 atom stereocenters. The van der Waals surface area contributed by atoms with Crippen molar-refractivity contribution in [3.63, 3.8) is 0 Å². The summed E-state index contributed by atoms with van der Waals surface area (Å²) in [6.45, 7) is 0.802. The van der Waals surface area contributed by atoms with Gasteiger partial charge in [0.15, 0.2) is 0 Å². The molecule has 4 nitrogen and oxygen atoms in total. The standard InChI is InChI=1S/C17H20N2O2/c1-19(2)17(20)12-18-15-9-6-10-16(11-15)21-13-14-7-4-3-5-8-14/h3-11,18H,12-13H2,1-2H3. The maximum Gasteiger partial charge on any atom is 0.241 e. The molecule has 21 heavy (non-hydrogen) atoms. The Hall–Kier alpha value is -2.49. The van der Waals surface area contributed by atoms with Crippen LogP contribution < -0.4 is 10.1 Å². The van der Waals surface area contributed by atoms with Crippen molar-refractivity contribution in [2.45, 2.75) is 6.61 Å². The monoisotopic (exact) mass is 284 g/mol. The molecule has 0 aliphatic rings. The first-order chi connectivity index (χ1) is 10.1. The number of benzene rings is 2. The van der Waals surface area contributed by atoms with Crippen molar-refractivity contribution in [1.82, 2.24) is 4.90 Å². The zero-order valence-electron chi connectivity index (χ0n) is 12.4. The van der Waals surface area contributed by atoms with E-state index in [0.29, 0.717) is 6.61 Å². The quantitative estimate of drug-likeness (QED) is 0.887. The normalized spacial score (nSPS) is 10.0. The van der Waals surface area contributed by atoms with Gasteiger partial charge in [-0.3, -0.25) is 4.79 Å². The predicted octanol–water partition coefficient (Wildman–Crippen LogP) is 2.77. The molecule has 0 aromatic heterocycles. The number of anilines is 1. The summed E-state index contributed by atoms with van der Waals surface area (Å²) in [6.07, 6.45) is 0. The molecule has 0 unspecified atom stereocenters. The Bertz CT molecular complexity index is 582. The van der Waals surface area contributed by atoms with Gasteiger partial charge < -0.3 is 15.0 Å². The van der Waals surface area contributed by atoms with Crippen molar-refractivity contribution in [3.05, 3.63) is 60.2 Å². The molecule has 110 valence electrons. The van der Waals surface area contributed by atoms with Crippen LogP contribution >= 0.6 is 0 Å². The minimum atomic E-state index is 0.0330. The number of ether oxygens (including phenoxy) is 1. The van der Waals surface area contributed by atoms with Crippen LogP contribution in [0.1, 0.15) is 5.56 Å². The van der Waals surface area contributed by atoms with E-state index < -0.39 is 0 Å². The number of likely N-dealkylation sites (N-methyl/N-ethyl adjacent to an activating group) is 1. The smallest absolute Gasteiger partial charge is 0.241 e. The summed E-state index contributed by atoms with van der Waals surface area (Å²) < 4.78 is 5.75. The molecule has 0 aliphatic carbocycles. The molecule has 1 N–H and O–H groups in total. The fraction of sp³-hybridized carbons (Fsp3) is 0.235. The van der Waals surface area contributed by atoms with Gasteiger partial charge in [-0.15, -0.1) is 0 Å². The fourth-order valence-electron chi connectivity index (χ4n) is 1.77. The second kappa shape index (κ2) is 7.33. The van der Waals surface area contributed by atoms with Crippen LogP contribution in [-0.2, 0) is 11.4 Å². The van der Waals surface area contributed by atoms with Gasteiger partial charge in [0.1, 0.15) is 12.4 Å². The summed E-state index contributed by atoms with van der Waals surface area (Å²) in [5, 5.41) is 3.09. The van der Waals surface area contributed by atoms with E-state index in [9.17, 15) is 4.79 Å². The van der Waals surface area contributed by atoms with Gasteiger partial charge in [-0.2, -0.15) is 0 Å². The molecule has 0 saturated heterocycles. The van der Waals surface area contributed by atoms with Crippen LogP contribution in [0.25, 0.3) is 0 Å². The third-order valence-corrected chi connectivity index (χ3v) is 3.02. The lowest BCUT2D eigenvalue weighted by Crippen LogP contribution is -2.28. The molecule has 0 radical (unpaired) electrons. The molecular weight excluding hydrogens is 264 g/mol. The van der Waals surface area contributed by atoms with Gasteiger partial charge in [-0.05, 0) is 17.7 Å². The zero-order valence-corrected chi connectivity index (χ0v) is 12.4. The van der Waals surface area contributed by atoms with E-state index in [2.05, 4.69) is 5.32 Å². The molecule has 0 spiro atoms. The van der Waals surface area contributed by atoms with Crippen molar-refractivity contribution >= 4 is 11.6 Å². The SMILES string of the molecule is CN(C)C(=O)CNc1cccc(OCc2ccccc2)c1. The molecule has 0 heterocycles. The van der Waals surface area contributed by atoms with Crippen LogP contribution in [0.5, 0.6) is 5.75 Å². The lowest BCUT2D eigenvalue weighted by atomic mass is 10.2. The fourth-order valence-corrected chi connectivity index (χ4v) is 1.77. The number of nitrogens with one attached hydrogen (secondary N) is 1. The average Bonchev–Trinajstić information content (AvgIpc) is 2.52. The minimum Gasteiger partial charge on any atom is -0.489 e. The minimum absolute atomic E-state index is 0.0330. The van der Waals surface area contributed by atoms with Crippen molar-refractivity contribution in [2.24, 2.45) is 0 Å². The summed E-state index contributed by atoms with van der Waals surface area (Å²) in [5.41, 5.74) is 1.99. The van der Waals surface area contributed by atoms with Crippen LogP contribution in [0, 0.1) is 0 Å². The van der Waals surface area contributed by atoms with E-state index in [1.807, 2.05) is 54.6 Å². The van der Waals surface area contributed by atoms with Crippen molar-refractivity contribution < 1.29 is 9.53 Å². The van der Waals surface area contributed by atoms with Gasteiger partial charge in [0.2, 0.25) is 5.91 Å². The van der Waals surface area contributed by atoms with Crippen molar-refractivity contribution in [1.29, 1.82) is 0 Å². The molecule has 2 aromatic carbocycles. The molecule has 0 fully saturated rings. The van der Waals surface area contributed by atoms with Crippen LogP contribution in [-0.4, -0.2) is 31.4 Å². The average molecular weight is 284 g/mol. The van der Waals surface area contributed by atoms with E-state index in [0.717, 1.165) is 17.0 Å². The highest BCUT2D eigenvalue weighted by molar-refractivity contribution is 5.80. The molecule has 2 aromatic rings. The first-order valence-electron chi connectivity index (χ1n) is 6.86. The second-order valence-corrected chi connectivity index (χ2v) is 4.94. The number of carbonyl (C=O) groups is 1. The van der Waals surface area contributed by atoms with Gasteiger partial charge in [0, 0.05) is 25.8 Å². The Labute approximate surface area is 125 Å². The molecule has 0 saturated carbocycles. The Morgan fingerprint density at radius 2 is 1.86 bits per heavy atom. The number of rotatable bonds is 6. The van der Waals surface area contributed by atoms with Gasteiger partial charge in [-0.25, -0.2) is 0 Å². The number of nitrogens with zero attached hydrogens (tertiary/aromatic N) is 1. The van der Waals surface area contributed by atoms with Crippen LogP contribution in [0.2, 0.25) is 0 Å². The summed E-state index contributed by atoms with van der Waals surface area (Å²) >= 11 is 0. The lowest BCUT2D eigenvalue weighted by molar-refractivity contribution is -0.126. The first kappa shape index (κ1) is 14.9. The molecule has 1 amide bonds. The highest BCUT2D eigenvalue weighted by atomic mass is 16.5. The van der Waals surface area contributed by atoms with Crippen molar-refractivity contribution in [2.75, 3.05) is 26.0 Å².